The van der Waals surface area contributed by atoms with Crippen LogP contribution in [0.2, 0.25) is 0 Å². The van der Waals surface area contributed by atoms with E-state index in [1.165, 1.54) is 20.0 Å². The fraction of sp³-hybridized carbons (Fsp3) is 0.389. The monoisotopic (exact) mass is 363 g/mol. The first-order valence-electron chi connectivity index (χ1n) is 8.33. The Labute approximate surface area is 149 Å². The number of hydrogen-bond donors (Lipinski definition) is 2. The number of pyridine rings is 1. The second-order valence-electron chi connectivity index (χ2n) is 5.83. The molecule has 0 fully saturated rings. The van der Waals surface area contributed by atoms with Gasteiger partial charge >= 0.3 is 0 Å². The van der Waals surface area contributed by atoms with E-state index in [1.54, 1.807) is 30.5 Å². The molecule has 0 spiro atoms. The number of aryl methyl sites for hydroxylation is 1. The van der Waals surface area contributed by atoms with Gasteiger partial charge in [0.2, 0.25) is 0 Å². The van der Waals surface area contributed by atoms with Gasteiger partial charge in [0.25, 0.3) is 10.0 Å². The van der Waals surface area contributed by atoms with Gasteiger partial charge in [-0.2, -0.15) is 0 Å². The second kappa shape index (κ2) is 8.71. The maximum atomic E-state index is 12.6. The van der Waals surface area contributed by atoms with Crippen LogP contribution in [0, 0.1) is 6.92 Å². The number of rotatable bonds is 9. The number of hydrogen-bond acceptors (Lipinski definition) is 5. The summed E-state index contributed by atoms with van der Waals surface area (Å²) < 4.78 is 32.9. The van der Waals surface area contributed by atoms with Crippen LogP contribution in [0.25, 0.3) is 0 Å². The Bertz CT molecular complexity index is 790. The van der Waals surface area contributed by atoms with E-state index in [0.717, 1.165) is 24.2 Å². The smallest absolute Gasteiger partial charge is 0.266 e. The first-order chi connectivity index (χ1) is 12.0. The van der Waals surface area contributed by atoms with Crippen LogP contribution < -0.4 is 14.8 Å². The maximum Gasteiger partial charge on any atom is 0.266 e. The molecule has 0 bridgehead atoms. The molecule has 0 saturated carbocycles. The maximum absolute atomic E-state index is 12.6. The van der Waals surface area contributed by atoms with Gasteiger partial charge in [-0.05, 0) is 43.2 Å². The molecule has 1 aromatic heterocycles. The van der Waals surface area contributed by atoms with Crippen molar-refractivity contribution in [1.82, 2.24) is 4.98 Å². The molecule has 0 aliphatic heterocycles. The van der Waals surface area contributed by atoms with Crippen molar-refractivity contribution in [1.29, 1.82) is 0 Å². The first-order valence-corrected chi connectivity index (χ1v) is 9.82. The lowest BCUT2D eigenvalue weighted by atomic mass is 10.2. The molecule has 0 aliphatic carbocycles. The normalized spacial score (nSPS) is 11.2. The summed E-state index contributed by atoms with van der Waals surface area (Å²) >= 11 is 0. The van der Waals surface area contributed by atoms with Gasteiger partial charge in [-0.3, -0.25) is 4.72 Å². The quantitative estimate of drug-likeness (QED) is 0.662. The highest BCUT2D eigenvalue weighted by Gasteiger charge is 2.20. The standard InChI is InChI=1S/C18H25N3O3S/c1-4-5-6-11-19-15-8-10-18(20-13-15)21-25(22,23)17-12-14(2)7-9-16(17)24-3/h7-10,12-13,19H,4-6,11H2,1-3H3,(H,20,21). The van der Waals surface area contributed by atoms with Crippen LogP contribution in [0.5, 0.6) is 5.75 Å². The molecule has 2 rings (SSSR count). The number of nitrogens with zero attached hydrogens (tertiary/aromatic N) is 1. The zero-order valence-corrected chi connectivity index (χ0v) is 15.7. The van der Waals surface area contributed by atoms with Crippen LogP contribution in [-0.2, 0) is 10.0 Å². The zero-order valence-electron chi connectivity index (χ0n) is 14.9. The molecule has 2 N–H and O–H groups in total. The molecule has 6 nitrogen and oxygen atoms in total. The average molecular weight is 363 g/mol. The summed E-state index contributed by atoms with van der Waals surface area (Å²) in [4.78, 5) is 4.27. The lowest BCUT2D eigenvalue weighted by Gasteiger charge is -2.12. The molecular weight excluding hydrogens is 338 g/mol. The molecule has 0 unspecified atom stereocenters. The van der Waals surface area contributed by atoms with E-state index in [1.807, 2.05) is 13.0 Å². The Morgan fingerprint density at radius 1 is 1.16 bits per heavy atom. The molecule has 0 atom stereocenters. The fourth-order valence-corrected chi connectivity index (χ4v) is 3.62. The van der Waals surface area contributed by atoms with Crippen molar-refractivity contribution in [2.24, 2.45) is 0 Å². The van der Waals surface area contributed by atoms with Gasteiger partial charge in [0, 0.05) is 6.54 Å². The van der Waals surface area contributed by atoms with E-state index in [2.05, 4.69) is 21.9 Å². The van der Waals surface area contributed by atoms with Crippen molar-refractivity contribution < 1.29 is 13.2 Å². The first kappa shape index (κ1) is 19.1. The lowest BCUT2D eigenvalue weighted by Crippen LogP contribution is -2.15. The van der Waals surface area contributed by atoms with Crippen LogP contribution >= 0.6 is 0 Å². The molecule has 0 aliphatic rings. The molecular formula is C18H25N3O3S. The van der Waals surface area contributed by atoms with E-state index in [4.69, 9.17) is 4.74 Å². The molecule has 136 valence electrons. The summed E-state index contributed by atoms with van der Waals surface area (Å²) in [6.45, 7) is 4.86. The van der Waals surface area contributed by atoms with Crippen molar-refractivity contribution in [3.05, 3.63) is 42.1 Å². The number of ether oxygens (including phenoxy) is 1. The van der Waals surface area contributed by atoms with Gasteiger partial charge in [-0.1, -0.05) is 25.8 Å². The minimum absolute atomic E-state index is 0.0959. The van der Waals surface area contributed by atoms with Crippen LogP contribution in [-0.4, -0.2) is 27.1 Å². The van der Waals surface area contributed by atoms with Gasteiger partial charge in [-0.15, -0.1) is 0 Å². The predicted molar refractivity (Wildman–Crippen MR) is 101 cm³/mol. The van der Waals surface area contributed by atoms with E-state index in [9.17, 15) is 8.42 Å². The van der Waals surface area contributed by atoms with Crippen molar-refractivity contribution in [2.75, 3.05) is 23.7 Å². The third-order valence-corrected chi connectivity index (χ3v) is 5.10. The topological polar surface area (TPSA) is 80.3 Å². The number of anilines is 2. The van der Waals surface area contributed by atoms with Crippen LogP contribution in [0.15, 0.2) is 41.4 Å². The van der Waals surface area contributed by atoms with Gasteiger partial charge < -0.3 is 10.1 Å². The summed E-state index contributed by atoms with van der Waals surface area (Å²) in [5.41, 5.74) is 1.70. The number of benzene rings is 1. The molecule has 25 heavy (non-hydrogen) atoms. The van der Waals surface area contributed by atoms with Crippen molar-refractivity contribution in [2.45, 2.75) is 38.0 Å². The minimum Gasteiger partial charge on any atom is -0.495 e. The number of methoxy groups -OCH3 is 1. The van der Waals surface area contributed by atoms with E-state index in [0.29, 0.717) is 5.75 Å². The largest absolute Gasteiger partial charge is 0.495 e. The highest BCUT2D eigenvalue weighted by molar-refractivity contribution is 7.92. The van der Waals surface area contributed by atoms with Gasteiger partial charge in [0.05, 0.1) is 19.0 Å². The van der Waals surface area contributed by atoms with Crippen molar-refractivity contribution in [3.8, 4) is 5.75 Å². The number of nitrogens with one attached hydrogen (secondary N) is 2. The summed E-state index contributed by atoms with van der Waals surface area (Å²) in [5, 5.41) is 3.27. The van der Waals surface area contributed by atoms with Gasteiger partial charge in [0.1, 0.15) is 16.5 Å². The van der Waals surface area contributed by atoms with Gasteiger partial charge in [0.15, 0.2) is 0 Å². The van der Waals surface area contributed by atoms with Crippen molar-refractivity contribution in [3.63, 3.8) is 0 Å². The molecule has 0 radical (unpaired) electrons. The van der Waals surface area contributed by atoms with Crippen LogP contribution in [0.1, 0.15) is 31.7 Å². The van der Waals surface area contributed by atoms with E-state index < -0.39 is 10.0 Å². The highest BCUT2D eigenvalue weighted by atomic mass is 32.2. The minimum atomic E-state index is -3.77. The molecule has 0 saturated heterocycles. The summed E-state index contributed by atoms with van der Waals surface area (Å²) in [5.74, 6) is 0.565. The van der Waals surface area contributed by atoms with E-state index >= 15 is 0 Å². The third kappa shape index (κ3) is 5.35. The molecule has 2 aromatic rings. The molecule has 1 heterocycles. The lowest BCUT2D eigenvalue weighted by molar-refractivity contribution is 0.402. The zero-order chi connectivity index (χ0) is 18.3. The van der Waals surface area contributed by atoms with Crippen LogP contribution in [0.4, 0.5) is 11.5 Å². The fourth-order valence-electron chi connectivity index (χ4n) is 2.35. The number of sulfonamides is 1. The molecule has 1 aromatic carbocycles. The van der Waals surface area contributed by atoms with Crippen LogP contribution in [0.3, 0.4) is 0 Å². The average Bonchev–Trinajstić information content (AvgIpc) is 2.60. The highest BCUT2D eigenvalue weighted by Crippen LogP contribution is 2.26. The SMILES string of the molecule is CCCCCNc1ccc(NS(=O)(=O)c2cc(C)ccc2OC)nc1. The Hall–Kier alpha value is -2.28. The summed E-state index contributed by atoms with van der Waals surface area (Å²) in [7, 11) is -2.33. The molecule has 7 heteroatoms. The number of aromatic nitrogens is 1. The summed E-state index contributed by atoms with van der Waals surface area (Å²) in [6.07, 6.45) is 5.06. The molecule has 0 amide bonds. The van der Waals surface area contributed by atoms with Gasteiger partial charge in [-0.25, -0.2) is 13.4 Å². The third-order valence-electron chi connectivity index (χ3n) is 3.72. The Balaban J connectivity index is 2.09. The summed E-state index contributed by atoms with van der Waals surface area (Å²) in [6, 6.07) is 8.47. The van der Waals surface area contributed by atoms with E-state index in [-0.39, 0.29) is 10.7 Å². The Morgan fingerprint density at radius 2 is 1.96 bits per heavy atom. The van der Waals surface area contributed by atoms with Crippen molar-refractivity contribution >= 4 is 21.5 Å². The Kier molecular flexibility index (Phi) is 6.64. The number of unbranched alkanes of at least 4 members (excludes halogenated alkanes) is 2. The second-order valence-corrected chi connectivity index (χ2v) is 7.48. The predicted octanol–water partition coefficient (Wildman–Crippen LogP) is 3.80. The Morgan fingerprint density at radius 3 is 2.60 bits per heavy atom.